The van der Waals surface area contributed by atoms with Crippen molar-refractivity contribution >= 4 is 85.7 Å². The summed E-state index contributed by atoms with van der Waals surface area (Å²) < 4.78 is 0. The normalized spacial score (nSPS) is 22.9. The highest BCUT2D eigenvalue weighted by molar-refractivity contribution is 8.76. The zero-order valence-corrected chi connectivity index (χ0v) is 40.1. The van der Waals surface area contributed by atoms with Crippen molar-refractivity contribution in [1.29, 1.82) is 0 Å². The van der Waals surface area contributed by atoms with Crippen molar-refractivity contribution in [3.8, 4) is 0 Å². The smallest absolute Gasteiger partial charge is 0.245 e. The van der Waals surface area contributed by atoms with Gasteiger partial charge in [0.15, 0.2) is 5.96 Å². The number of H-pyrrole nitrogens is 1. The number of hydrogen-bond acceptors (Lipinski definition) is 11. The number of aromatic amines is 1. The summed E-state index contributed by atoms with van der Waals surface area (Å²) in [5.74, 6) is -4.95. The van der Waals surface area contributed by atoms with Crippen molar-refractivity contribution in [3.05, 3.63) is 71.9 Å². The quantitative estimate of drug-likeness (QED) is 0.0428. The molecular formula is C46H64N12O8S2. The van der Waals surface area contributed by atoms with Gasteiger partial charge in [-0.2, -0.15) is 0 Å². The Morgan fingerprint density at radius 1 is 0.824 bits per heavy atom. The van der Waals surface area contributed by atoms with Gasteiger partial charge in [0.2, 0.25) is 47.3 Å². The molecular weight excluding hydrogens is 913 g/mol. The van der Waals surface area contributed by atoms with Crippen LogP contribution in [-0.4, -0.2) is 130 Å². The maximum Gasteiger partial charge on any atom is 0.245 e. The second kappa shape index (κ2) is 26.3. The van der Waals surface area contributed by atoms with Crippen LogP contribution in [-0.2, 0) is 51.2 Å². The fourth-order valence-electron chi connectivity index (χ4n) is 8.14. The van der Waals surface area contributed by atoms with E-state index >= 15 is 0 Å². The molecule has 8 amide bonds. The first-order chi connectivity index (χ1) is 32.6. The number of primary amides is 1. The third-order valence-corrected chi connectivity index (χ3v) is 14.1. The number of nitrogens with two attached hydrogens (primary N) is 3. The summed E-state index contributed by atoms with van der Waals surface area (Å²) >= 11 is 0. The predicted octanol–water partition coefficient (Wildman–Crippen LogP) is 0.387. The molecule has 0 radical (unpaired) electrons. The van der Waals surface area contributed by atoms with Crippen molar-refractivity contribution in [2.24, 2.45) is 22.2 Å². The Balaban J connectivity index is 1.52. The van der Waals surface area contributed by atoms with E-state index in [-0.39, 0.29) is 69.1 Å². The Labute approximate surface area is 403 Å². The third-order valence-electron chi connectivity index (χ3n) is 11.7. The molecule has 2 aromatic carbocycles. The van der Waals surface area contributed by atoms with Crippen molar-refractivity contribution in [2.45, 2.75) is 120 Å². The lowest BCUT2D eigenvalue weighted by atomic mass is 10.0. The molecule has 2 saturated heterocycles. The summed E-state index contributed by atoms with van der Waals surface area (Å²) in [4.78, 5) is 119. The highest BCUT2D eigenvalue weighted by Crippen LogP contribution is 2.26. The highest BCUT2D eigenvalue weighted by atomic mass is 33.1. The van der Waals surface area contributed by atoms with Crippen molar-refractivity contribution in [3.63, 3.8) is 0 Å². The third kappa shape index (κ3) is 15.6. The lowest BCUT2D eigenvalue weighted by Crippen LogP contribution is -2.60. The summed E-state index contributed by atoms with van der Waals surface area (Å²) in [5, 5.41) is 17.5. The molecule has 13 N–H and O–H groups in total. The van der Waals surface area contributed by atoms with Gasteiger partial charge >= 0.3 is 0 Å². The number of para-hydroxylation sites is 1. The molecule has 2 aliphatic heterocycles. The van der Waals surface area contributed by atoms with Crippen LogP contribution in [0.3, 0.4) is 0 Å². The SMILES string of the molecule is CCCC[C@H](NC(C)=O)C(=O)NC1CCSSC[C@@H](C(N)=O)NC(=O)[C@H](Cc2c[nH]c3ccccc23)NC(=O)[C@H](CCCN=C(N)N)NC(=O)[C@@H](Cc2ccccc2)NC(=O)[C@@H]2CCCN2C1=O. The van der Waals surface area contributed by atoms with Crippen LogP contribution < -0.4 is 49.1 Å². The molecule has 68 heavy (non-hydrogen) atoms. The van der Waals surface area contributed by atoms with Crippen LogP contribution in [0.25, 0.3) is 10.9 Å². The number of nitrogens with zero attached hydrogens (tertiary/aromatic N) is 2. The van der Waals surface area contributed by atoms with E-state index in [0.717, 1.165) is 17.3 Å². The molecule has 0 saturated carbocycles. The molecule has 0 bridgehead atoms. The fraction of sp³-hybridized carbons (Fsp3) is 0.500. The van der Waals surface area contributed by atoms with E-state index < -0.39 is 89.6 Å². The number of amides is 8. The predicted molar refractivity (Wildman–Crippen MR) is 262 cm³/mol. The molecule has 0 spiro atoms. The molecule has 2 aliphatic rings. The van der Waals surface area contributed by atoms with Crippen LogP contribution >= 0.6 is 21.6 Å². The number of benzene rings is 2. The van der Waals surface area contributed by atoms with E-state index in [1.807, 2.05) is 31.2 Å². The Bertz CT molecular complexity index is 2280. The average molecular weight is 977 g/mol. The lowest BCUT2D eigenvalue weighted by Gasteiger charge is -2.31. The molecule has 2 fully saturated rings. The van der Waals surface area contributed by atoms with Gasteiger partial charge in [0.25, 0.3) is 0 Å². The van der Waals surface area contributed by atoms with Crippen molar-refractivity contribution in [2.75, 3.05) is 24.6 Å². The summed E-state index contributed by atoms with van der Waals surface area (Å²) in [6, 6.07) is 8.37. The zero-order valence-electron chi connectivity index (χ0n) is 38.4. The van der Waals surface area contributed by atoms with E-state index in [9.17, 15) is 38.4 Å². The monoisotopic (exact) mass is 976 g/mol. The van der Waals surface area contributed by atoms with Gasteiger partial charge in [-0.3, -0.25) is 43.3 Å². The molecule has 7 atom stereocenters. The van der Waals surface area contributed by atoms with Crippen LogP contribution in [0.2, 0.25) is 0 Å². The minimum Gasteiger partial charge on any atom is -0.370 e. The standard InChI is InChI=1S/C46H64N12O8S2/c1-3-4-15-32(52-27(2)59)40(61)54-34-19-22-67-68-26-37(39(47)60)57-43(64)36(24-29-25-51-31-16-9-8-14-30(29)31)55-41(62)33(17-10-20-50-46(48)49)53-42(63)35(23-28-12-6-5-7-13-28)56-44(65)38-18-11-21-58(38)45(34)66/h5-9,12-14,16,25,32-38,51H,3-4,10-11,15,17-24,26H2,1-2H3,(H2,47,60)(H,52,59)(H,53,63)(H,54,61)(H,55,62)(H,56,65)(H,57,64)(H4,48,49,50)/t32-,33-,34?,35+,36-,37-,38-/m0/s1. The van der Waals surface area contributed by atoms with Gasteiger partial charge in [0, 0.05) is 61.5 Å². The number of carbonyl (C=O) groups is 8. The number of carbonyl (C=O) groups excluding carboxylic acids is 8. The Hall–Kier alpha value is -6.29. The number of aromatic nitrogens is 1. The summed E-state index contributed by atoms with van der Waals surface area (Å²) in [5.41, 5.74) is 19.1. The molecule has 0 aliphatic carbocycles. The fourth-order valence-corrected chi connectivity index (χ4v) is 10.4. The largest absolute Gasteiger partial charge is 0.370 e. The minimum absolute atomic E-state index is 0.00668. The van der Waals surface area contributed by atoms with Crippen molar-refractivity contribution < 1.29 is 38.4 Å². The van der Waals surface area contributed by atoms with Crippen LogP contribution in [0.4, 0.5) is 0 Å². The molecule has 3 aromatic rings. The van der Waals surface area contributed by atoms with Crippen LogP contribution in [0.15, 0.2) is 65.8 Å². The first-order valence-electron chi connectivity index (χ1n) is 22.9. The second-order valence-corrected chi connectivity index (χ2v) is 19.5. The van der Waals surface area contributed by atoms with E-state index in [4.69, 9.17) is 17.2 Å². The van der Waals surface area contributed by atoms with E-state index in [1.165, 1.54) is 33.4 Å². The maximum absolute atomic E-state index is 14.5. The second-order valence-electron chi connectivity index (χ2n) is 16.9. The van der Waals surface area contributed by atoms with E-state index in [2.05, 4.69) is 41.9 Å². The van der Waals surface area contributed by atoms with E-state index in [0.29, 0.717) is 30.4 Å². The van der Waals surface area contributed by atoms with Gasteiger partial charge in [0.1, 0.15) is 42.3 Å². The Kier molecular flexibility index (Phi) is 20.4. The van der Waals surface area contributed by atoms with Gasteiger partial charge in [-0.1, -0.05) is 89.9 Å². The molecule has 3 heterocycles. The number of aliphatic imine (C=N–C) groups is 1. The molecule has 1 aromatic heterocycles. The average Bonchev–Trinajstić information content (AvgIpc) is 3.97. The lowest BCUT2D eigenvalue weighted by molar-refractivity contribution is -0.142. The number of unbranched alkanes of at least 4 members (excludes halogenated alkanes) is 1. The molecule has 22 heteroatoms. The number of rotatable bonds is 15. The summed E-state index contributed by atoms with van der Waals surface area (Å²) in [6.07, 6.45) is 4.54. The van der Waals surface area contributed by atoms with Crippen LogP contribution in [0.5, 0.6) is 0 Å². The Morgan fingerprint density at radius 3 is 2.22 bits per heavy atom. The summed E-state index contributed by atoms with van der Waals surface area (Å²) in [6.45, 7) is 3.57. The van der Waals surface area contributed by atoms with E-state index in [1.54, 1.807) is 36.5 Å². The number of guanidine groups is 1. The van der Waals surface area contributed by atoms with Crippen molar-refractivity contribution in [1.82, 2.24) is 41.8 Å². The molecule has 368 valence electrons. The van der Waals surface area contributed by atoms with Gasteiger partial charge in [-0.05, 0) is 55.7 Å². The highest BCUT2D eigenvalue weighted by Gasteiger charge is 2.40. The number of fused-ring (bicyclic) bond motifs is 2. The van der Waals surface area contributed by atoms with Gasteiger partial charge < -0.3 is 59.0 Å². The number of hydrogen-bond donors (Lipinski definition) is 10. The molecule has 20 nitrogen and oxygen atoms in total. The molecule has 1 unspecified atom stereocenters. The van der Waals surface area contributed by atoms with Gasteiger partial charge in [-0.25, -0.2) is 0 Å². The van der Waals surface area contributed by atoms with Crippen LogP contribution in [0, 0.1) is 0 Å². The molecule has 5 rings (SSSR count). The topological polar surface area (TPSA) is 318 Å². The first-order valence-corrected chi connectivity index (χ1v) is 25.4. The zero-order chi connectivity index (χ0) is 49.2. The van der Waals surface area contributed by atoms with Crippen LogP contribution in [0.1, 0.15) is 76.3 Å². The Morgan fingerprint density at radius 2 is 1.50 bits per heavy atom. The minimum atomic E-state index is -1.27. The first kappa shape index (κ1) is 52.7. The number of nitrogens with one attached hydrogen (secondary N) is 7. The van der Waals surface area contributed by atoms with Gasteiger partial charge in [0.05, 0.1) is 0 Å². The van der Waals surface area contributed by atoms with Gasteiger partial charge in [-0.15, -0.1) is 0 Å². The summed E-state index contributed by atoms with van der Waals surface area (Å²) in [7, 11) is 2.49. The maximum atomic E-state index is 14.5.